The summed E-state index contributed by atoms with van der Waals surface area (Å²) in [5, 5.41) is 13.8. The van der Waals surface area contributed by atoms with Gasteiger partial charge in [-0.3, -0.25) is 10.2 Å². The molecule has 1 aliphatic rings. The van der Waals surface area contributed by atoms with Gasteiger partial charge < -0.3 is 5.73 Å². The van der Waals surface area contributed by atoms with Crippen molar-refractivity contribution < 1.29 is 5.21 Å². The minimum atomic E-state index is 0.229. The number of nitrogens with zero attached hydrogens (tertiary/aromatic N) is 3. The average Bonchev–Trinajstić information content (AvgIpc) is 2.90. The van der Waals surface area contributed by atoms with Gasteiger partial charge in [0.2, 0.25) is 0 Å². The molecule has 5 nitrogen and oxygen atoms in total. The minimum absolute atomic E-state index is 0.229. The maximum absolute atomic E-state index is 10.5. The van der Waals surface area contributed by atoms with Crippen LogP contribution < -0.4 is 16.3 Å². The summed E-state index contributed by atoms with van der Waals surface area (Å²) in [6.45, 7) is 2.25. The number of hydrogen-bond donors (Lipinski definition) is 2. The summed E-state index contributed by atoms with van der Waals surface area (Å²) in [5.74, 6) is 0.562. The molecular weight excluding hydrogens is 408 g/mol. The Hall–Kier alpha value is -2.99. The molecule has 3 N–H and O–H groups in total. The van der Waals surface area contributed by atoms with Gasteiger partial charge in [0.25, 0.3) is 0 Å². The van der Waals surface area contributed by atoms with Crippen LogP contribution in [0.4, 0.5) is 0 Å². The van der Waals surface area contributed by atoms with E-state index in [-0.39, 0.29) is 12.6 Å². The summed E-state index contributed by atoms with van der Waals surface area (Å²) < 4.78 is 0. The predicted octanol–water partition coefficient (Wildman–Crippen LogP) is 3.43. The number of hydrogen-bond acceptors (Lipinski definition) is 4. The molecule has 160 valence electrons. The summed E-state index contributed by atoms with van der Waals surface area (Å²) in [4.78, 5) is 8.60. The van der Waals surface area contributed by atoms with E-state index in [0.717, 1.165) is 22.6 Å². The van der Waals surface area contributed by atoms with Gasteiger partial charge in [0.05, 0.1) is 11.1 Å². The molecule has 0 saturated carbocycles. The van der Waals surface area contributed by atoms with Gasteiger partial charge in [-0.05, 0) is 37.1 Å². The van der Waals surface area contributed by atoms with Crippen LogP contribution in [0.1, 0.15) is 18.1 Å². The lowest BCUT2D eigenvalue weighted by molar-refractivity contribution is -0.0119. The van der Waals surface area contributed by atoms with Crippen molar-refractivity contribution in [2.75, 3.05) is 13.6 Å². The van der Waals surface area contributed by atoms with Crippen LogP contribution in [0.15, 0.2) is 88.8 Å². The van der Waals surface area contributed by atoms with Crippen molar-refractivity contribution in [2.45, 2.75) is 19.4 Å². The molecule has 1 unspecified atom stereocenters. The third-order valence-electron chi connectivity index (χ3n) is 4.72. The molecule has 1 heterocycles. The standard InChI is InChI=1S/C16H14ClN3O.C9H13N/c1-18-15-10-20(21)16(11-5-3-2-4-6-11)13-9-12(17)7-8-14(13)19-15;1-8(10)7-9-5-3-2-4-6-9/h2-9,21H,10H2,1H3;2-6,8H,7,10H2,1H3. The largest absolute Gasteiger partial charge is 0.328 e. The normalized spacial score (nSPS) is 15.3. The number of rotatable bonds is 3. The van der Waals surface area contributed by atoms with Crippen LogP contribution in [0.3, 0.4) is 0 Å². The van der Waals surface area contributed by atoms with Gasteiger partial charge in [0.15, 0.2) is 0 Å². The number of halogens is 1. The highest BCUT2D eigenvalue weighted by Crippen LogP contribution is 2.15. The lowest BCUT2D eigenvalue weighted by Crippen LogP contribution is -2.31. The summed E-state index contributed by atoms with van der Waals surface area (Å²) in [6.07, 6.45) is 0.973. The van der Waals surface area contributed by atoms with Crippen molar-refractivity contribution in [3.8, 4) is 0 Å². The number of fused-ring (bicyclic) bond motifs is 1. The highest BCUT2D eigenvalue weighted by Gasteiger charge is 2.17. The Morgan fingerprint density at radius 3 is 2.32 bits per heavy atom. The highest BCUT2D eigenvalue weighted by molar-refractivity contribution is 6.30. The average molecular weight is 435 g/mol. The minimum Gasteiger partial charge on any atom is -0.328 e. The SMILES string of the molecule is CC(N)Cc1ccccc1.CN=C1CN(O)C(c2ccccc2)=c2cc(Cl)ccc2=N1. The molecule has 0 amide bonds. The molecule has 3 aromatic carbocycles. The van der Waals surface area contributed by atoms with Gasteiger partial charge in [-0.1, -0.05) is 72.3 Å². The predicted molar refractivity (Wildman–Crippen MR) is 127 cm³/mol. The molecular formula is C25H27ClN4O. The van der Waals surface area contributed by atoms with Crippen molar-refractivity contribution in [3.63, 3.8) is 0 Å². The van der Waals surface area contributed by atoms with Crippen molar-refractivity contribution in [1.82, 2.24) is 5.06 Å². The van der Waals surface area contributed by atoms with Crippen LogP contribution in [-0.4, -0.2) is 35.7 Å². The van der Waals surface area contributed by atoms with Crippen LogP contribution in [0.5, 0.6) is 0 Å². The fourth-order valence-corrected chi connectivity index (χ4v) is 3.50. The Balaban J connectivity index is 0.000000229. The van der Waals surface area contributed by atoms with Gasteiger partial charge >= 0.3 is 0 Å². The lowest BCUT2D eigenvalue weighted by Gasteiger charge is -2.19. The van der Waals surface area contributed by atoms with Gasteiger partial charge in [-0.15, -0.1) is 0 Å². The smallest absolute Gasteiger partial charge is 0.145 e. The monoisotopic (exact) mass is 434 g/mol. The fourth-order valence-electron chi connectivity index (χ4n) is 3.33. The van der Waals surface area contributed by atoms with Crippen molar-refractivity contribution >= 4 is 23.1 Å². The summed E-state index contributed by atoms with van der Waals surface area (Å²) in [7, 11) is 1.66. The third-order valence-corrected chi connectivity index (χ3v) is 4.95. The maximum atomic E-state index is 10.5. The molecule has 0 saturated heterocycles. The van der Waals surface area contributed by atoms with Crippen LogP contribution in [-0.2, 0) is 6.42 Å². The van der Waals surface area contributed by atoms with E-state index in [1.165, 1.54) is 10.6 Å². The van der Waals surface area contributed by atoms with Crippen LogP contribution in [0, 0.1) is 0 Å². The first-order chi connectivity index (χ1) is 15.0. The number of amidine groups is 1. The van der Waals surface area contributed by atoms with E-state index in [1.807, 2.05) is 67.6 Å². The highest BCUT2D eigenvalue weighted by atomic mass is 35.5. The molecule has 0 aliphatic carbocycles. The number of benzene rings is 3. The Kier molecular flexibility index (Phi) is 7.95. The summed E-state index contributed by atoms with van der Waals surface area (Å²) in [6, 6.07) is 25.7. The second kappa shape index (κ2) is 10.9. The number of hydroxylamine groups is 2. The van der Waals surface area contributed by atoms with E-state index in [0.29, 0.717) is 16.6 Å². The molecule has 1 atom stereocenters. The van der Waals surface area contributed by atoms with Crippen molar-refractivity contribution in [1.29, 1.82) is 0 Å². The van der Waals surface area contributed by atoms with Gasteiger partial charge in [-0.2, -0.15) is 0 Å². The van der Waals surface area contributed by atoms with E-state index in [1.54, 1.807) is 13.1 Å². The van der Waals surface area contributed by atoms with Crippen LogP contribution in [0.25, 0.3) is 5.70 Å². The zero-order chi connectivity index (χ0) is 22.2. The first-order valence-corrected chi connectivity index (χ1v) is 10.5. The zero-order valence-electron chi connectivity index (χ0n) is 17.7. The molecule has 4 rings (SSSR count). The third kappa shape index (κ3) is 6.25. The van der Waals surface area contributed by atoms with E-state index >= 15 is 0 Å². The number of nitrogens with two attached hydrogens (primary N) is 1. The fraction of sp³-hybridized carbons (Fsp3) is 0.200. The Morgan fingerprint density at radius 1 is 1.06 bits per heavy atom. The second-order valence-electron chi connectivity index (χ2n) is 7.35. The lowest BCUT2D eigenvalue weighted by atomic mass is 10.1. The molecule has 0 fully saturated rings. The Morgan fingerprint density at radius 2 is 1.71 bits per heavy atom. The van der Waals surface area contributed by atoms with Gasteiger partial charge in [-0.25, -0.2) is 10.1 Å². The molecule has 0 spiro atoms. The molecule has 6 heteroatoms. The van der Waals surface area contributed by atoms with Gasteiger partial charge in [0, 0.05) is 28.9 Å². The molecule has 0 bridgehead atoms. The first kappa shape index (κ1) is 22.7. The Bertz CT molecular complexity index is 1150. The summed E-state index contributed by atoms with van der Waals surface area (Å²) in [5.41, 5.74) is 8.52. The molecule has 31 heavy (non-hydrogen) atoms. The molecule has 1 aliphatic heterocycles. The molecule has 3 aromatic rings. The zero-order valence-corrected chi connectivity index (χ0v) is 18.5. The van der Waals surface area contributed by atoms with E-state index < -0.39 is 0 Å². The van der Waals surface area contributed by atoms with E-state index in [2.05, 4.69) is 22.1 Å². The Labute approximate surface area is 187 Å². The summed E-state index contributed by atoms with van der Waals surface area (Å²) >= 11 is 6.12. The number of aliphatic imine (C=N–C) groups is 1. The molecule has 0 aromatic heterocycles. The first-order valence-electron chi connectivity index (χ1n) is 10.1. The van der Waals surface area contributed by atoms with E-state index in [4.69, 9.17) is 17.3 Å². The van der Waals surface area contributed by atoms with Crippen LogP contribution >= 0.6 is 11.6 Å². The quantitative estimate of drug-likeness (QED) is 0.663. The van der Waals surface area contributed by atoms with Crippen molar-refractivity contribution in [3.05, 3.63) is 106 Å². The van der Waals surface area contributed by atoms with E-state index in [9.17, 15) is 5.21 Å². The maximum Gasteiger partial charge on any atom is 0.145 e. The second-order valence-corrected chi connectivity index (χ2v) is 7.79. The van der Waals surface area contributed by atoms with Crippen molar-refractivity contribution in [2.24, 2.45) is 15.7 Å². The topological polar surface area (TPSA) is 74.2 Å². The molecule has 0 radical (unpaired) electrons. The van der Waals surface area contributed by atoms with Gasteiger partial charge in [0.1, 0.15) is 12.4 Å². The van der Waals surface area contributed by atoms with Crippen LogP contribution in [0.2, 0.25) is 5.02 Å².